The van der Waals surface area contributed by atoms with Crippen molar-refractivity contribution in [1.82, 2.24) is 15.0 Å². The topological polar surface area (TPSA) is 107 Å². The van der Waals surface area contributed by atoms with Gasteiger partial charge in [-0.1, -0.05) is 5.16 Å². The predicted molar refractivity (Wildman–Crippen MR) is 95.3 cm³/mol. The molecule has 8 nitrogen and oxygen atoms in total. The minimum absolute atomic E-state index is 0.409. The third-order valence-electron chi connectivity index (χ3n) is 5.41. The zero-order valence-corrected chi connectivity index (χ0v) is 16.4. The van der Waals surface area contributed by atoms with Gasteiger partial charge in [-0.25, -0.2) is 4.79 Å². The quantitative estimate of drug-likeness (QED) is 0.764. The average molecular weight is 421 g/mol. The first-order valence-electron chi connectivity index (χ1n) is 9.43. The van der Waals surface area contributed by atoms with Crippen molar-refractivity contribution in [2.24, 2.45) is 0 Å². The summed E-state index contributed by atoms with van der Waals surface area (Å²) in [6.07, 6.45) is -0.820. The Morgan fingerprint density at radius 1 is 1.17 bits per heavy atom. The molecule has 2 N–H and O–H groups in total. The van der Waals surface area contributed by atoms with Crippen molar-refractivity contribution in [3.05, 3.63) is 17.0 Å². The highest BCUT2D eigenvalue weighted by Crippen LogP contribution is 2.27. The molecule has 1 aromatic rings. The van der Waals surface area contributed by atoms with Crippen LogP contribution < -0.4 is 0 Å². The Kier molecular flexibility index (Phi) is 7.64. The van der Waals surface area contributed by atoms with Gasteiger partial charge < -0.3 is 19.6 Å². The largest absolute Gasteiger partial charge is 0.490 e. The summed E-state index contributed by atoms with van der Waals surface area (Å²) in [4.78, 5) is 25.2. The van der Waals surface area contributed by atoms with Crippen LogP contribution in [0.1, 0.15) is 42.7 Å². The molecule has 0 bridgehead atoms. The SMILES string of the molecule is Cc1noc(C)c1CN1CCC(N2CCCC2)CC1C(=O)O.O=C(O)C(F)(F)F. The summed E-state index contributed by atoms with van der Waals surface area (Å²) >= 11 is 0. The van der Waals surface area contributed by atoms with Crippen molar-refractivity contribution >= 4 is 11.9 Å². The lowest BCUT2D eigenvalue weighted by atomic mass is 9.95. The van der Waals surface area contributed by atoms with Gasteiger partial charge in [0.05, 0.1) is 5.69 Å². The molecule has 0 saturated carbocycles. The number of carboxylic acids is 2. The second-order valence-electron chi connectivity index (χ2n) is 7.35. The fraction of sp³-hybridized carbons (Fsp3) is 0.722. The highest BCUT2D eigenvalue weighted by atomic mass is 19.4. The van der Waals surface area contributed by atoms with Crippen molar-refractivity contribution in [2.75, 3.05) is 19.6 Å². The normalized spacial score (nSPS) is 23.5. The van der Waals surface area contributed by atoms with Gasteiger partial charge in [0.25, 0.3) is 0 Å². The molecule has 11 heteroatoms. The molecule has 2 unspecified atom stereocenters. The van der Waals surface area contributed by atoms with Crippen LogP contribution in [-0.4, -0.2) is 75.0 Å². The van der Waals surface area contributed by atoms with Crippen LogP contribution in [0, 0.1) is 13.8 Å². The molecule has 164 valence electrons. The molecule has 2 saturated heterocycles. The Hall–Kier alpha value is -2.14. The first-order valence-corrected chi connectivity index (χ1v) is 9.43. The van der Waals surface area contributed by atoms with Crippen molar-refractivity contribution in [2.45, 2.75) is 64.3 Å². The lowest BCUT2D eigenvalue weighted by molar-refractivity contribution is -0.192. The van der Waals surface area contributed by atoms with E-state index in [1.165, 1.54) is 12.8 Å². The molecular formula is C18H26F3N3O5. The van der Waals surface area contributed by atoms with E-state index in [2.05, 4.69) is 15.0 Å². The summed E-state index contributed by atoms with van der Waals surface area (Å²) in [6.45, 7) is 7.50. The number of carboxylic acid groups (broad SMARTS) is 2. The molecule has 3 heterocycles. The van der Waals surface area contributed by atoms with Crippen molar-refractivity contribution < 1.29 is 37.5 Å². The van der Waals surface area contributed by atoms with Crippen molar-refractivity contribution in [1.29, 1.82) is 0 Å². The van der Waals surface area contributed by atoms with E-state index in [4.69, 9.17) is 14.4 Å². The molecule has 0 radical (unpaired) electrons. The summed E-state index contributed by atoms with van der Waals surface area (Å²) in [5, 5.41) is 20.7. The smallest absolute Gasteiger partial charge is 0.480 e. The molecule has 1 aromatic heterocycles. The van der Waals surface area contributed by atoms with Gasteiger partial charge in [0.15, 0.2) is 0 Å². The van der Waals surface area contributed by atoms with E-state index in [0.29, 0.717) is 12.6 Å². The molecule has 2 atom stereocenters. The summed E-state index contributed by atoms with van der Waals surface area (Å²) in [7, 11) is 0. The van der Waals surface area contributed by atoms with E-state index < -0.39 is 24.2 Å². The van der Waals surface area contributed by atoms with Gasteiger partial charge >= 0.3 is 18.1 Å². The lowest BCUT2D eigenvalue weighted by Crippen LogP contribution is -2.52. The van der Waals surface area contributed by atoms with E-state index in [0.717, 1.165) is 49.5 Å². The van der Waals surface area contributed by atoms with Gasteiger partial charge in [-0.15, -0.1) is 0 Å². The molecule has 2 fully saturated rings. The summed E-state index contributed by atoms with van der Waals surface area (Å²) in [6, 6.07) is 0.0116. The third-order valence-corrected chi connectivity index (χ3v) is 5.41. The zero-order valence-electron chi connectivity index (χ0n) is 16.4. The van der Waals surface area contributed by atoms with Gasteiger partial charge in [-0.2, -0.15) is 13.2 Å². The van der Waals surface area contributed by atoms with Crippen LogP contribution in [0.15, 0.2) is 4.52 Å². The molecule has 0 spiro atoms. The number of aromatic nitrogens is 1. The summed E-state index contributed by atoms with van der Waals surface area (Å²) < 4.78 is 36.9. The van der Waals surface area contributed by atoms with Gasteiger partial charge in [0.2, 0.25) is 0 Å². The first-order chi connectivity index (χ1) is 13.5. The molecule has 3 rings (SSSR count). The second kappa shape index (κ2) is 9.57. The van der Waals surface area contributed by atoms with Crippen LogP contribution in [0.5, 0.6) is 0 Å². The molecule has 0 aliphatic carbocycles. The van der Waals surface area contributed by atoms with Gasteiger partial charge in [-0.05, 0) is 52.6 Å². The molecule has 2 aliphatic rings. The van der Waals surface area contributed by atoms with Crippen LogP contribution in [0.3, 0.4) is 0 Å². The zero-order chi connectivity index (χ0) is 21.8. The Morgan fingerprint density at radius 2 is 1.76 bits per heavy atom. The molecular weight excluding hydrogens is 395 g/mol. The number of halogens is 3. The number of rotatable bonds is 4. The molecule has 29 heavy (non-hydrogen) atoms. The number of nitrogens with zero attached hydrogens (tertiary/aromatic N) is 3. The number of hydrogen-bond donors (Lipinski definition) is 2. The highest BCUT2D eigenvalue weighted by molar-refractivity contribution is 5.73. The fourth-order valence-corrected chi connectivity index (χ4v) is 3.81. The van der Waals surface area contributed by atoms with E-state index in [1.54, 1.807) is 0 Å². The standard InChI is InChI=1S/C16H25N3O3.C2HF3O2/c1-11-14(12(2)22-17-11)10-19-8-5-13(9-15(19)16(20)21)18-6-3-4-7-18;3-2(4,5)1(6)7/h13,15H,3-10H2,1-2H3,(H,20,21);(H,6,7). The van der Waals surface area contributed by atoms with Crippen LogP contribution >= 0.6 is 0 Å². The highest BCUT2D eigenvalue weighted by Gasteiger charge is 2.38. The number of likely N-dealkylation sites (tertiary alicyclic amines) is 2. The van der Waals surface area contributed by atoms with Gasteiger partial charge in [0.1, 0.15) is 11.8 Å². The third kappa shape index (κ3) is 6.17. The van der Waals surface area contributed by atoms with Gasteiger partial charge in [-0.3, -0.25) is 9.69 Å². The molecule has 0 amide bonds. The number of piperidine rings is 1. The number of aryl methyl sites for hydroxylation is 2. The van der Waals surface area contributed by atoms with E-state index in [-0.39, 0.29) is 0 Å². The molecule has 2 aliphatic heterocycles. The van der Waals surface area contributed by atoms with Gasteiger partial charge in [0, 0.05) is 24.7 Å². The lowest BCUT2D eigenvalue weighted by Gasteiger charge is -2.40. The summed E-state index contributed by atoms with van der Waals surface area (Å²) in [5.74, 6) is -2.67. The number of carbonyl (C=O) groups is 2. The second-order valence-corrected chi connectivity index (χ2v) is 7.35. The fourth-order valence-electron chi connectivity index (χ4n) is 3.81. The van der Waals surface area contributed by atoms with Crippen LogP contribution in [0.4, 0.5) is 13.2 Å². The first kappa shape index (κ1) is 23.1. The maximum Gasteiger partial charge on any atom is 0.490 e. The van der Waals surface area contributed by atoms with E-state index in [1.807, 2.05) is 13.8 Å². The van der Waals surface area contributed by atoms with Crippen molar-refractivity contribution in [3.8, 4) is 0 Å². The van der Waals surface area contributed by atoms with Crippen LogP contribution in [0.2, 0.25) is 0 Å². The monoisotopic (exact) mass is 421 g/mol. The van der Waals surface area contributed by atoms with Crippen molar-refractivity contribution in [3.63, 3.8) is 0 Å². The van der Waals surface area contributed by atoms with Crippen LogP contribution in [-0.2, 0) is 16.1 Å². The Bertz CT molecular complexity index is 697. The van der Waals surface area contributed by atoms with E-state index >= 15 is 0 Å². The molecule has 0 aromatic carbocycles. The minimum Gasteiger partial charge on any atom is -0.480 e. The summed E-state index contributed by atoms with van der Waals surface area (Å²) in [5.41, 5.74) is 1.90. The number of aliphatic carboxylic acids is 2. The van der Waals surface area contributed by atoms with E-state index in [9.17, 15) is 23.1 Å². The maximum absolute atomic E-state index is 11.7. The average Bonchev–Trinajstić information content (AvgIpc) is 3.27. The number of hydrogen-bond acceptors (Lipinski definition) is 6. The Labute approximate surface area is 166 Å². The minimum atomic E-state index is -5.08. The number of alkyl halides is 3. The predicted octanol–water partition coefficient (Wildman–Crippen LogP) is 2.44. The maximum atomic E-state index is 11.7. The Morgan fingerprint density at radius 3 is 2.21 bits per heavy atom. The Balaban J connectivity index is 0.000000370. The van der Waals surface area contributed by atoms with Crippen LogP contribution in [0.25, 0.3) is 0 Å².